The second kappa shape index (κ2) is 5.19. The second-order valence-electron chi connectivity index (χ2n) is 4.49. The number of hydrogen-bond acceptors (Lipinski definition) is 3. The van der Waals surface area contributed by atoms with Crippen molar-refractivity contribution in [3.8, 4) is 0 Å². The second-order valence-corrected chi connectivity index (χ2v) is 7.18. The fraction of sp³-hybridized carbons (Fsp3) is 0.636. The van der Waals surface area contributed by atoms with Gasteiger partial charge in [0.05, 0.1) is 4.21 Å². The minimum absolute atomic E-state index is 0.226. The maximum absolute atomic E-state index is 3.52. The molecule has 0 aliphatic heterocycles. The molecule has 1 nitrogen and oxygen atoms in total. The van der Waals surface area contributed by atoms with E-state index in [1.54, 1.807) is 0 Å². The molecule has 0 saturated carbocycles. The molecule has 0 fully saturated rings. The van der Waals surface area contributed by atoms with Gasteiger partial charge in [-0.2, -0.15) is 0 Å². The number of nitrogens with one attached hydrogen (secondary N) is 1. The van der Waals surface area contributed by atoms with Gasteiger partial charge in [-0.3, -0.25) is 0 Å². The van der Waals surface area contributed by atoms with E-state index in [9.17, 15) is 0 Å². The maximum Gasteiger partial charge on any atom is 0.0601 e. The zero-order valence-corrected chi connectivity index (χ0v) is 11.0. The van der Waals surface area contributed by atoms with E-state index in [2.05, 4.69) is 50.5 Å². The van der Waals surface area contributed by atoms with Gasteiger partial charge in [-0.1, -0.05) is 13.0 Å². The zero-order chi connectivity index (χ0) is 10.6. The monoisotopic (exact) mass is 229 g/mol. The van der Waals surface area contributed by atoms with Crippen molar-refractivity contribution < 1.29 is 0 Å². The first-order chi connectivity index (χ1) is 6.47. The van der Waals surface area contributed by atoms with Crippen LogP contribution in [-0.2, 0) is 0 Å². The van der Waals surface area contributed by atoms with Gasteiger partial charge in [-0.25, -0.2) is 0 Å². The van der Waals surface area contributed by atoms with Gasteiger partial charge in [-0.15, -0.1) is 23.1 Å². The summed E-state index contributed by atoms with van der Waals surface area (Å²) in [6.45, 7) is 9.94. The molecular formula is C11H19NS2. The molecule has 1 atom stereocenters. The summed E-state index contributed by atoms with van der Waals surface area (Å²) in [6.07, 6.45) is 0. The third-order valence-corrected chi connectivity index (χ3v) is 3.91. The molecule has 1 unspecified atom stereocenters. The Morgan fingerprint density at radius 3 is 2.71 bits per heavy atom. The quantitative estimate of drug-likeness (QED) is 0.792. The minimum Gasteiger partial charge on any atom is -0.311 e. The molecule has 0 aliphatic carbocycles. The normalized spacial score (nSPS) is 14.3. The Hall–Kier alpha value is 0.01000. The lowest BCUT2D eigenvalue weighted by Gasteiger charge is -2.22. The topological polar surface area (TPSA) is 12.0 Å². The Labute approximate surface area is 95.3 Å². The molecule has 3 heteroatoms. The predicted molar refractivity (Wildman–Crippen MR) is 67.4 cm³/mol. The van der Waals surface area contributed by atoms with Gasteiger partial charge >= 0.3 is 0 Å². The Bertz CT molecular complexity index is 249. The summed E-state index contributed by atoms with van der Waals surface area (Å²) in [5.74, 6) is 0. The summed E-state index contributed by atoms with van der Waals surface area (Å²) >= 11 is 3.77. The van der Waals surface area contributed by atoms with Crippen LogP contribution < -0.4 is 5.32 Å². The molecule has 0 bridgehead atoms. The van der Waals surface area contributed by atoms with Crippen LogP contribution in [0.25, 0.3) is 0 Å². The number of hydrogen-bond donors (Lipinski definition) is 1. The van der Waals surface area contributed by atoms with Gasteiger partial charge in [-0.05, 0) is 32.2 Å². The molecular weight excluding hydrogens is 210 g/mol. The van der Waals surface area contributed by atoms with Crippen LogP contribution in [0.5, 0.6) is 0 Å². The largest absolute Gasteiger partial charge is 0.311 e. The highest BCUT2D eigenvalue weighted by Gasteiger charge is 2.11. The van der Waals surface area contributed by atoms with Crippen LogP contribution in [0.4, 0.5) is 0 Å². The van der Waals surface area contributed by atoms with Gasteiger partial charge in [0.1, 0.15) is 0 Å². The Balaban J connectivity index is 2.26. The van der Waals surface area contributed by atoms with E-state index in [0.29, 0.717) is 5.25 Å². The third-order valence-electron chi connectivity index (χ3n) is 1.73. The lowest BCUT2D eigenvalue weighted by atomic mass is 10.1. The molecule has 1 aromatic rings. The highest BCUT2D eigenvalue weighted by molar-refractivity contribution is 8.01. The summed E-state index contributed by atoms with van der Waals surface area (Å²) in [7, 11) is 0. The summed E-state index contributed by atoms with van der Waals surface area (Å²) in [4.78, 5) is 0. The van der Waals surface area contributed by atoms with Crippen molar-refractivity contribution in [1.29, 1.82) is 0 Å². The summed E-state index contributed by atoms with van der Waals surface area (Å²) in [6, 6.07) is 4.29. The fourth-order valence-electron chi connectivity index (χ4n) is 1.02. The van der Waals surface area contributed by atoms with Crippen molar-refractivity contribution in [2.75, 3.05) is 6.54 Å². The molecule has 80 valence electrons. The first-order valence-corrected chi connectivity index (χ1v) is 6.68. The smallest absolute Gasteiger partial charge is 0.0601 e. The van der Waals surface area contributed by atoms with Crippen molar-refractivity contribution in [3.63, 3.8) is 0 Å². The first-order valence-electron chi connectivity index (χ1n) is 4.92. The van der Waals surface area contributed by atoms with Gasteiger partial charge < -0.3 is 5.32 Å². The van der Waals surface area contributed by atoms with E-state index in [4.69, 9.17) is 0 Å². The van der Waals surface area contributed by atoms with Crippen molar-refractivity contribution in [2.24, 2.45) is 0 Å². The standard InChI is InChI=1S/C11H19NS2/c1-9(8-12-11(2,3)4)14-10-6-5-7-13-10/h5-7,9,12H,8H2,1-4H3. The summed E-state index contributed by atoms with van der Waals surface area (Å²) in [5.41, 5.74) is 0.226. The highest BCUT2D eigenvalue weighted by Crippen LogP contribution is 2.27. The van der Waals surface area contributed by atoms with Crippen LogP contribution in [0.1, 0.15) is 27.7 Å². The zero-order valence-electron chi connectivity index (χ0n) is 9.33. The molecule has 1 heterocycles. The van der Waals surface area contributed by atoms with Gasteiger partial charge in [0.15, 0.2) is 0 Å². The van der Waals surface area contributed by atoms with E-state index in [1.165, 1.54) is 4.21 Å². The fourth-order valence-corrected chi connectivity index (χ4v) is 3.07. The SMILES string of the molecule is CC(CNC(C)(C)C)Sc1cccs1. The van der Waals surface area contributed by atoms with Crippen molar-refractivity contribution in [3.05, 3.63) is 17.5 Å². The minimum atomic E-state index is 0.226. The van der Waals surface area contributed by atoms with E-state index in [-0.39, 0.29) is 5.54 Å². The molecule has 1 aromatic heterocycles. The number of rotatable bonds is 4. The van der Waals surface area contributed by atoms with Crippen molar-refractivity contribution in [1.82, 2.24) is 5.32 Å². The predicted octanol–water partition coefficient (Wildman–Crippen LogP) is 3.62. The molecule has 0 saturated heterocycles. The van der Waals surface area contributed by atoms with Crippen LogP contribution in [0.3, 0.4) is 0 Å². The molecule has 0 amide bonds. The Morgan fingerprint density at radius 2 is 2.21 bits per heavy atom. The molecule has 1 rings (SSSR count). The van der Waals surface area contributed by atoms with Gasteiger partial charge in [0, 0.05) is 17.3 Å². The molecule has 14 heavy (non-hydrogen) atoms. The number of thiophene rings is 1. The van der Waals surface area contributed by atoms with Crippen LogP contribution in [0.2, 0.25) is 0 Å². The Kier molecular flexibility index (Phi) is 4.48. The summed E-state index contributed by atoms with van der Waals surface area (Å²) < 4.78 is 1.41. The summed E-state index contributed by atoms with van der Waals surface area (Å²) in [5, 5.41) is 6.28. The number of thioether (sulfide) groups is 1. The maximum atomic E-state index is 3.52. The first kappa shape index (κ1) is 12.1. The van der Waals surface area contributed by atoms with E-state index < -0.39 is 0 Å². The molecule has 1 N–H and O–H groups in total. The van der Waals surface area contributed by atoms with E-state index >= 15 is 0 Å². The molecule has 0 aromatic carbocycles. The van der Waals surface area contributed by atoms with E-state index in [1.807, 2.05) is 23.1 Å². The molecule has 0 radical (unpaired) electrons. The average molecular weight is 229 g/mol. The van der Waals surface area contributed by atoms with Crippen molar-refractivity contribution >= 4 is 23.1 Å². The van der Waals surface area contributed by atoms with Crippen LogP contribution in [-0.4, -0.2) is 17.3 Å². The van der Waals surface area contributed by atoms with Crippen LogP contribution in [0, 0.1) is 0 Å². The van der Waals surface area contributed by atoms with Crippen molar-refractivity contribution in [2.45, 2.75) is 42.7 Å². The lowest BCUT2D eigenvalue weighted by molar-refractivity contribution is 0.429. The van der Waals surface area contributed by atoms with E-state index in [0.717, 1.165) is 6.54 Å². The van der Waals surface area contributed by atoms with Crippen LogP contribution >= 0.6 is 23.1 Å². The lowest BCUT2D eigenvalue weighted by Crippen LogP contribution is -2.39. The third kappa shape index (κ3) is 5.03. The van der Waals surface area contributed by atoms with Gasteiger partial charge in [0.2, 0.25) is 0 Å². The Morgan fingerprint density at radius 1 is 1.50 bits per heavy atom. The molecule has 0 aliphatic rings. The average Bonchev–Trinajstić information content (AvgIpc) is 2.52. The molecule has 0 spiro atoms. The highest BCUT2D eigenvalue weighted by atomic mass is 32.2. The van der Waals surface area contributed by atoms with Crippen LogP contribution in [0.15, 0.2) is 21.7 Å². The van der Waals surface area contributed by atoms with Gasteiger partial charge in [0.25, 0.3) is 0 Å².